The van der Waals surface area contributed by atoms with Crippen molar-refractivity contribution in [3.63, 3.8) is 0 Å². The highest BCUT2D eigenvalue weighted by atomic mass is 35.5. The Morgan fingerprint density at radius 2 is 2.03 bits per heavy atom. The highest BCUT2D eigenvalue weighted by Crippen LogP contribution is 2.30. The van der Waals surface area contributed by atoms with Crippen LogP contribution in [0.4, 0.5) is 5.69 Å². The van der Waals surface area contributed by atoms with Crippen LogP contribution in [0, 0.1) is 6.92 Å². The number of nitrogens with one attached hydrogen (secondary N) is 1. The van der Waals surface area contributed by atoms with E-state index in [1.54, 1.807) is 36.6 Å². The van der Waals surface area contributed by atoms with Crippen LogP contribution in [0.2, 0.25) is 10.0 Å². The molecule has 0 radical (unpaired) electrons. The summed E-state index contributed by atoms with van der Waals surface area (Å²) in [5.41, 5.74) is 0.189. The van der Waals surface area contributed by atoms with Crippen molar-refractivity contribution >= 4 is 68.1 Å². The van der Waals surface area contributed by atoms with Crippen LogP contribution in [0.1, 0.15) is 10.6 Å². The van der Waals surface area contributed by atoms with Crippen molar-refractivity contribution in [1.82, 2.24) is 9.55 Å². The second-order valence-electron chi connectivity index (χ2n) is 6.37. The number of halogens is 2. The van der Waals surface area contributed by atoms with Gasteiger partial charge in [0.05, 0.1) is 39.7 Å². The first kappa shape index (κ1) is 21.0. The number of aromatic nitrogens is 2. The number of anilines is 1. The lowest BCUT2D eigenvalue weighted by Gasteiger charge is -2.12. The normalized spacial score (nSPS) is 11.2. The van der Waals surface area contributed by atoms with Crippen LogP contribution in [0.15, 0.2) is 57.0 Å². The van der Waals surface area contributed by atoms with Crippen LogP contribution in [-0.2, 0) is 11.3 Å². The maximum atomic E-state index is 13.1. The lowest BCUT2D eigenvalue weighted by atomic mass is 10.3. The van der Waals surface area contributed by atoms with Gasteiger partial charge in [0, 0.05) is 4.88 Å². The molecule has 3 aromatic heterocycles. The van der Waals surface area contributed by atoms with Crippen LogP contribution in [0.25, 0.3) is 10.2 Å². The molecule has 0 atom stereocenters. The van der Waals surface area contributed by atoms with E-state index < -0.39 is 0 Å². The van der Waals surface area contributed by atoms with Crippen LogP contribution in [0.5, 0.6) is 0 Å². The summed E-state index contributed by atoms with van der Waals surface area (Å²) < 4.78 is 6.91. The minimum Gasteiger partial charge on any atom is -0.467 e. The van der Waals surface area contributed by atoms with E-state index in [1.165, 1.54) is 15.9 Å². The molecule has 6 nitrogen and oxygen atoms in total. The summed E-state index contributed by atoms with van der Waals surface area (Å²) in [4.78, 5) is 31.8. The number of fused-ring (bicyclic) bond motifs is 1. The first-order valence-corrected chi connectivity index (χ1v) is 11.4. The molecule has 0 aliphatic rings. The molecule has 1 amide bonds. The predicted molar refractivity (Wildman–Crippen MR) is 122 cm³/mol. The number of hydrogen-bond donors (Lipinski definition) is 1. The van der Waals surface area contributed by atoms with Gasteiger partial charge in [0.15, 0.2) is 5.16 Å². The third-order valence-electron chi connectivity index (χ3n) is 4.19. The second kappa shape index (κ2) is 8.85. The maximum absolute atomic E-state index is 13.1. The summed E-state index contributed by atoms with van der Waals surface area (Å²) in [5, 5.41) is 4.41. The Balaban J connectivity index is 1.61. The molecule has 10 heteroatoms. The van der Waals surface area contributed by atoms with Gasteiger partial charge in [-0.3, -0.25) is 14.2 Å². The first-order valence-electron chi connectivity index (χ1n) is 8.82. The highest BCUT2D eigenvalue weighted by Gasteiger charge is 2.17. The van der Waals surface area contributed by atoms with E-state index in [-0.39, 0.29) is 23.8 Å². The Bertz CT molecular complexity index is 1260. The molecule has 0 fully saturated rings. The number of amides is 1. The van der Waals surface area contributed by atoms with Gasteiger partial charge < -0.3 is 9.73 Å². The fourth-order valence-corrected chi connectivity index (χ4v) is 5.06. The Hall–Kier alpha value is -2.26. The van der Waals surface area contributed by atoms with Crippen molar-refractivity contribution < 1.29 is 9.21 Å². The highest BCUT2D eigenvalue weighted by molar-refractivity contribution is 7.99. The topological polar surface area (TPSA) is 77.1 Å². The van der Waals surface area contributed by atoms with Crippen molar-refractivity contribution in [2.45, 2.75) is 18.6 Å². The van der Waals surface area contributed by atoms with Crippen molar-refractivity contribution in [1.29, 1.82) is 0 Å². The average molecular weight is 480 g/mol. The average Bonchev–Trinajstić information content (AvgIpc) is 3.35. The van der Waals surface area contributed by atoms with Gasteiger partial charge in [-0.2, -0.15) is 0 Å². The molecule has 0 saturated heterocycles. The summed E-state index contributed by atoms with van der Waals surface area (Å²) in [6, 6.07) is 10.4. The molecule has 0 aliphatic heterocycles. The molecule has 0 spiro atoms. The summed E-state index contributed by atoms with van der Waals surface area (Å²) in [6.07, 6.45) is 1.55. The molecule has 0 aliphatic carbocycles. The molecular formula is C20H15Cl2N3O3S2. The summed E-state index contributed by atoms with van der Waals surface area (Å²) in [5.74, 6) is 0.345. The molecule has 154 valence electrons. The van der Waals surface area contributed by atoms with Gasteiger partial charge in [-0.05, 0) is 37.3 Å². The lowest BCUT2D eigenvalue weighted by molar-refractivity contribution is -0.113. The Kier molecular flexibility index (Phi) is 6.19. The van der Waals surface area contributed by atoms with E-state index in [0.717, 1.165) is 16.6 Å². The van der Waals surface area contributed by atoms with E-state index in [9.17, 15) is 9.59 Å². The van der Waals surface area contributed by atoms with Gasteiger partial charge in [0.25, 0.3) is 5.56 Å². The quantitative estimate of drug-likeness (QED) is 0.294. The molecule has 1 N–H and O–H groups in total. The maximum Gasteiger partial charge on any atom is 0.263 e. The minimum absolute atomic E-state index is 0.0298. The van der Waals surface area contributed by atoms with Gasteiger partial charge in [0.1, 0.15) is 10.6 Å². The zero-order chi connectivity index (χ0) is 21.3. The lowest BCUT2D eigenvalue weighted by Crippen LogP contribution is -2.24. The largest absolute Gasteiger partial charge is 0.467 e. The van der Waals surface area contributed by atoms with Gasteiger partial charge >= 0.3 is 0 Å². The Labute approximate surface area is 189 Å². The van der Waals surface area contributed by atoms with E-state index in [4.69, 9.17) is 27.6 Å². The van der Waals surface area contributed by atoms with Crippen molar-refractivity contribution in [2.24, 2.45) is 0 Å². The fraction of sp³-hybridized carbons (Fsp3) is 0.150. The Morgan fingerprint density at radius 1 is 1.27 bits per heavy atom. The van der Waals surface area contributed by atoms with E-state index in [0.29, 0.717) is 36.9 Å². The van der Waals surface area contributed by atoms with E-state index in [1.807, 2.05) is 13.0 Å². The van der Waals surface area contributed by atoms with E-state index >= 15 is 0 Å². The minimum atomic E-state index is -0.309. The van der Waals surface area contributed by atoms with Crippen molar-refractivity contribution in [3.05, 3.63) is 73.7 Å². The van der Waals surface area contributed by atoms with Gasteiger partial charge in [-0.25, -0.2) is 4.98 Å². The fourth-order valence-electron chi connectivity index (χ4n) is 2.85. The number of carbonyl (C=O) groups excluding carboxylic acids is 1. The van der Waals surface area contributed by atoms with Crippen LogP contribution in [-0.4, -0.2) is 21.2 Å². The molecular weight excluding hydrogens is 465 g/mol. The molecule has 3 heterocycles. The number of thioether (sulfide) groups is 1. The monoisotopic (exact) mass is 479 g/mol. The number of benzene rings is 1. The zero-order valence-corrected chi connectivity index (χ0v) is 18.8. The zero-order valence-electron chi connectivity index (χ0n) is 15.6. The number of hydrogen-bond acceptors (Lipinski definition) is 6. The van der Waals surface area contributed by atoms with Crippen LogP contribution >= 0.6 is 46.3 Å². The Morgan fingerprint density at radius 3 is 2.73 bits per heavy atom. The number of carbonyl (C=O) groups is 1. The number of thiophene rings is 1. The second-order valence-corrected chi connectivity index (χ2v) is 9.37. The summed E-state index contributed by atoms with van der Waals surface area (Å²) >= 11 is 14.8. The van der Waals surface area contributed by atoms with Crippen molar-refractivity contribution in [3.8, 4) is 0 Å². The predicted octanol–water partition coefficient (Wildman–Crippen LogP) is 5.45. The molecule has 0 saturated carbocycles. The molecule has 0 bridgehead atoms. The summed E-state index contributed by atoms with van der Waals surface area (Å²) in [6.45, 7) is 2.15. The molecule has 1 aromatic carbocycles. The number of furan rings is 1. The number of para-hydroxylation sites is 1. The van der Waals surface area contributed by atoms with Gasteiger partial charge in [-0.15, -0.1) is 11.3 Å². The number of nitrogens with zero attached hydrogens (tertiary/aromatic N) is 2. The van der Waals surface area contributed by atoms with Crippen molar-refractivity contribution in [2.75, 3.05) is 11.1 Å². The number of rotatable bonds is 6. The van der Waals surface area contributed by atoms with E-state index in [2.05, 4.69) is 10.3 Å². The smallest absolute Gasteiger partial charge is 0.263 e. The first-order chi connectivity index (χ1) is 14.4. The summed E-state index contributed by atoms with van der Waals surface area (Å²) in [7, 11) is 0. The molecule has 4 aromatic rings. The van der Waals surface area contributed by atoms with Crippen LogP contribution in [0.3, 0.4) is 0 Å². The number of aryl methyl sites for hydroxylation is 1. The SMILES string of the molecule is Cc1cc2c(=O)n(Cc3ccco3)c(SCC(=O)Nc3c(Cl)cccc3Cl)nc2s1. The standard InChI is InChI=1S/C20H15Cl2N3O3S2/c1-11-8-13-18(30-11)24-20(25(19(13)27)9-12-4-3-7-28-12)29-10-16(26)23-17-14(21)5-2-6-15(17)22/h2-8H,9-10H2,1H3,(H,23,26). The third-order valence-corrected chi connectivity index (χ3v) is 6.74. The van der Waals surface area contributed by atoms with Gasteiger partial charge in [0.2, 0.25) is 5.91 Å². The van der Waals surface area contributed by atoms with Gasteiger partial charge in [-0.1, -0.05) is 41.0 Å². The molecule has 30 heavy (non-hydrogen) atoms. The van der Waals surface area contributed by atoms with Crippen LogP contribution < -0.4 is 10.9 Å². The molecule has 0 unspecified atom stereocenters. The molecule has 4 rings (SSSR count). The third kappa shape index (κ3) is 4.41.